The molecule has 0 radical (unpaired) electrons. The van der Waals surface area contributed by atoms with E-state index in [4.69, 9.17) is 27.9 Å². The maximum atomic E-state index is 13.4. The standard InChI is InChI=1S/C23H22Cl2N2O4S/c1-3-31-19-9-7-18(8-10-19)27(32(29,30)20-11-4-16(2)5-12-20)15-23(28)26-22-14-17(24)6-13-21(22)25/h4-14H,3,15H2,1-2H3,(H,26,28). The number of carbonyl (C=O) groups is 1. The number of hydrogen-bond acceptors (Lipinski definition) is 4. The average molecular weight is 493 g/mol. The number of halogens is 2. The van der Waals surface area contributed by atoms with Crippen molar-refractivity contribution in [2.75, 3.05) is 22.8 Å². The van der Waals surface area contributed by atoms with Gasteiger partial charge in [0.05, 0.1) is 27.9 Å². The molecule has 0 spiro atoms. The minimum absolute atomic E-state index is 0.0746. The number of amides is 1. The minimum Gasteiger partial charge on any atom is -0.494 e. The van der Waals surface area contributed by atoms with Gasteiger partial charge in [0.2, 0.25) is 5.91 Å². The third-order valence-corrected chi connectivity index (χ3v) is 6.89. The maximum absolute atomic E-state index is 13.4. The van der Waals surface area contributed by atoms with E-state index in [2.05, 4.69) is 5.32 Å². The quantitative estimate of drug-likeness (QED) is 0.448. The summed E-state index contributed by atoms with van der Waals surface area (Å²) in [5, 5.41) is 3.31. The monoisotopic (exact) mass is 492 g/mol. The smallest absolute Gasteiger partial charge is 0.264 e. The van der Waals surface area contributed by atoms with E-state index in [1.807, 2.05) is 13.8 Å². The Labute approximate surface area is 197 Å². The van der Waals surface area contributed by atoms with Crippen molar-refractivity contribution >= 4 is 50.5 Å². The zero-order valence-electron chi connectivity index (χ0n) is 17.5. The molecule has 32 heavy (non-hydrogen) atoms. The first kappa shape index (κ1) is 23.9. The fourth-order valence-corrected chi connectivity index (χ4v) is 4.70. The highest BCUT2D eigenvalue weighted by Gasteiger charge is 2.27. The summed E-state index contributed by atoms with van der Waals surface area (Å²) in [4.78, 5) is 12.9. The highest BCUT2D eigenvalue weighted by molar-refractivity contribution is 7.92. The summed E-state index contributed by atoms with van der Waals surface area (Å²) in [6.07, 6.45) is 0. The molecular formula is C23H22Cl2N2O4S. The first-order valence-electron chi connectivity index (χ1n) is 9.78. The summed E-state index contributed by atoms with van der Waals surface area (Å²) in [6, 6.07) is 17.6. The predicted molar refractivity (Wildman–Crippen MR) is 128 cm³/mol. The Bertz CT molecular complexity index is 1200. The van der Waals surface area contributed by atoms with E-state index in [0.717, 1.165) is 9.87 Å². The van der Waals surface area contributed by atoms with Crippen LogP contribution in [0.4, 0.5) is 11.4 Å². The maximum Gasteiger partial charge on any atom is 0.264 e. The largest absolute Gasteiger partial charge is 0.494 e. The van der Waals surface area contributed by atoms with Crippen LogP contribution in [0.3, 0.4) is 0 Å². The van der Waals surface area contributed by atoms with Crippen molar-refractivity contribution < 1.29 is 17.9 Å². The molecule has 0 unspecified atom stereocenters. The van der Waals surface area contributed by atoms with E-state index in [1.54, 1.807) is 48.5 Å². The van der Waals surface area contributed by atoms with Crippen molar-refractivity contribution in [3.63, 3.8) is 0 Å². The van der Waals surface area contributed by atoms with Gasteiger partial charge in [0, 0.05) is 5.02 Å². The third-order valence-electron chi connectivity index (χ3n) is 4.53. The number of sulfonamides is 1. The molecule has 0 heterocycles. The molecule has 0 atom stereocenters. The molecule has 168 valence electrons. The number of ether oxygens (including phenoxy) is 1. The molecule has 0 aliphatic rings. The highest BCUT2D eigenvalue weighted by Crippen LogP contribution is 2.28. The van der Waals surface area contributed by atoms with Gasteiger partial charge in [-0.3, -0.25) is 9.10 Å². The van der Waals surface area contributed by atoms with Gasteiger partial charge in [-0.05, 0) is 68.4 Å². The van der Waals surface area contributed by atoms with Crippen LogP contribution in [0.1, 0.15) is 12.5 Å². The Kier molecular flexibility index (Phi) is 7.66. The Morgan fingerprint density at radius 1 is 1.00 bits per heavy atom. The fourth-order valence-electron chi connectivity index (χ4n) is 2.94. The van der Waals surface area contributed by atoms with Gasteiger partial charge in [-0.2, -0.15) is 0 Å². The molecule has 0 aromatic heterocycles. The molecule has 1 amide bonds. The average Bonchev–Trinajstić information content (AvgIpc) is 2.76. The number of benzene rings is 3. The van der Waals surface area contributed by atoms with Crippen molar-refractivity contribution in [3.05, 3.63) is 82.3 Å². The summed E-state index contributed by atoms with van der Waals surface area (Å²) < 4.78 is 33.3. The number of anilines is 2. The lowest BCUT2D eigenvalue weighted by molar-refractivity contribution is -0.114. The Balaban J connectivity index is 1.95. The Hall–Kier alpha value is -2.74. The molecular weight excluding hydrogens is 471 g/mol. The van der Waals surface area contributed by atoms with Crippen LogP contribution in [0, 0.1) is 6.92 Å². The minimum atomic E-state index is -4.03. The molecule has 0 saturated heterocycles. The molecule has 9 heteroatoms. The highest BCUT2D eigenvalue weighted by atomic mass is 35.5. The number of nitrogens with zero attached hydrogens (tertiary/aromatic N) is 1. The van der Waals surface area contributed by atoms with E-state index in [9.17, 15) is 13.2 Å². The van der Waals surface area contributed by atoms with Crippen LogP contribution in [0.2, 0.25) is 10.0 Å². The number of hydrogen-bond donors (Lipinski definition) is 1. The number of aryl methyl sites for hydroxylation is 1. The van der Waals surface area contributed by atoms with Crippen LogP contribution >= 0.6 is 23.2 Å². The van der Waals surface area contributed by atoms with Crippen molar-refractivity contribution in [2.45, 2.75) is 18.7 Å². The Morgan fingerprint density at radius 3 is 2.28 bits per heavy atom. The summed E-state index contributed by atoms with van der Waals surface area (Å²) in [6.45, 7) is 3.73. The third kappa shape index (κ3) is 5.73. The summed E-state index contributed by atoms with van der Waals surface area (Å²) >= 11 is 12.1. The molecule has 0 saturated carbocycles. The van der Waals surface area contributed by atoms with Crippen LogP contribution in [-0.4, -0.2) is 27.5 Å². The lowest BCUT2D eigenvalue weighted by Gasteiger charge is -2.24. The van der Waals surface area contributed by atoms with Gasteiger partial charge < -0.3 is 10.1 Å². The van der Waals surface area contributed by atoms with Crippen LogP contribution in [0.5, 0.6) is 5.75 Å². The second-order valence-corrected chi connectivity index (χ2v) is 9.63. The van der Waals surface area contributed by atoms with Crippen LogP contribution in [0.25, 0.3) is 0 Å². The topological polar surface area (TPSA) is 75.7 Å². The van der Waals surface area contributed by atoms with E-state index in [0.29, 0.717) is 28.8 Å². The van der Waals surface area contributed by atoms with Crippen LogP contribution < -0.4 is 14.4 Å². The molecule has 6 nitrogen and oxygen atoms in total. The molecule has 0 fully saturated rings. The van der Waals surface area contributed by atoms with Gasteiger partial charge >= 0.3 is 0 Å². The summed E-state index contributed by atoms with van der Waals surface area (Å²) in [5.74, 6) is 0.0258. The SMILES string of the molecule is CCOc1ccc(N(CC(=O)Nc2cc(Cl)ccc2Cl)S(=O)(=O)c2ccc(C)cc2)cc1. The second kappa shape index (κ2) is 10.3. The Morgan fingerprint density at radius 2 is 1.66 bits per heavy atom. The molecule has 1 N–H and O–H groups in total. The van der Waals surface area contributed by atoms with Crippen molar-refractivity contribution in [2.24, 2.45) is 0 Å². The molecule has 3 aromatic rings. The molecule has 3 aromatic carbocycles. The number of carbonyl (C=O) groups excluding carboxylic acids is 1. The van der Waals surface area contributed by atoms with Gasteiger partial charge in [0.1, 0.15) is 12.3 Å². The summed E-state index contributed by atoms with van der Waals surface area (Å²) in [5.41, 5.74) is 1.54. The van der Waals surface area contributed by atoms with Crippen molar-refractivity contribution in [1.29, 1.82) is 0 Å². The van der Waals surface area contributed by atoms with Gasteiger partial charge in [-0.25, -0.2) is 8.42 Å². The number of rotatable bonds is 8. The summed E-state index contributed by atoms with van der Waals surface area (Å²) in [7, 11) is -4.03. The lowest BCUT2D eigenvalue weighted by Crippen LogP contribution is -2.38. The van der Waals surface area contributed by atoms with E-state index < -0.39 is 22.5 Å². The molecule has 0 aliphatic carbocycles. The van der Waals surface area contributed by atoms with Gasteiger partial charge in [-0.15, -0.1) is 0 Å². The van der Waals surface area contributed by atoms with Gasteiger partial charge in [-0.1, -0.05) is 40.9 Å². The van der Waals surface area contributed by atoms with Crippen LogP contribution in [-0.2, 0) is 14.8 Å². The molecule has 0 bridgehead atoms. The van der Waals surface area contributed by atoms with Gasteiger partial charge in [0.15, 0.2) is 0 Å². The fraction of sp³-hybridized carbons (Fsp3) is 0.174. The van der Waals surface area contributed by atoms with Gasteiger partial charge in [0.25, 0.3) is 10.0 Å². The zero-order valence-corrected chi connectivity index (χ0v) is 19.8. The first-order chi connectivity index (χ1) is 15.2. The lowest BCUT2D eigenvalue weighted by atomic mass is 10.2. The molecule has 0 aliphatic heterocycles. The second-order valence-electron chi connectivity index (χ2n) is 6.92. The van der Waals surface area contributed by atoms with Crippen molar-refractivity contribution in [1.82, 2.24) is 0 Å². The van der Waals surface area contributed by atoms with Crippen LogP contribution in [0.15, 0.2) is 71.6 Å². The van der Waals surface area contributed by atoms with E-state index in [-0.39, 0.29) is 9.92 Å². The molecule has 3 rings (SSSR count). The normalized spacial score (nSPS) is 11.1. The van der Waals surface area contributed by atoms with Crippen molar-refractivity contribution in [3.8, 4) is 5.75 Å². The predicted octanol–water partition coefficient (Wildman–Crippen LogP) is 5.53. The number of nitrogens with one attached hydrogen (secondary N) is 1. The van der Waals surface area contributed by atoms with E-state index >= 15 is 0 Å². The zero-order chi connectivity index (χ0) is 23.3. The first-order valence-corrected chi connectivity index (χ1v) is 12.0. The van der Waals surface area contributed by atoms with E-state index in [1.165, 1.54) is 18.2 Å².